The van der Waals surface area contributed by atoms with Crippen LogP contribution in [0.15, 0.2) is 24.3 Å². The van der Waals surface area contributed by atoms with Gasteiger partial charge >= 0.3 is 6.61 Å². The number of benzene rings is 1. The molecule has 0 bridgehead atoms. The Balaban J connectivity index is 2.81. The minimum Gasteiger partial charge on any atom is -0.434 e. The lowest BCUT2D eigenvalue weighted by Gasteiger charge is -2.19. The highest BCUT2D eigenvalue weighted by Crippen LogP contribution is 2.29. The summed E-state index contributed by atoms with van der Waals surface area (Å²) in [7, 11) is 0. The van der Waals surface area contributed by atoms with Crippen molar-refractivity contribution >= 4 is 0 Å². The van der Waals surface area contributed by atoms with Crippen molar-refractivity contribution in [2.24, 2.45) is 11.7 Å². The first-order chi connectivity index (χ1) is 8.04. The van der Waals surface area contributed by atoms with Crippen LogP contribution >= 0.6 is 0 Å². The quantitative estimate of drug-likeness (QED) is 0.826. The zero-order chi connectivity index (χ0) is 12.8. The van der Waals surface area contributed by atoms with Gasteiger partial charge in [0.05, 0.1) is 0 Å². The summed E-state index contributed by atoms with van der Waals surface area (Å²) in [6, 6.07) is 6.45. The van der Waals surface area contributed by atoms with E-state index in [9.17, 15) is 8.78 Å². The van der Waals surface area contributed by atoms with Crippen LogP contribution < -0.4 is 10.5 Å². The van der Waals surface area contributed by atoms with Crippen LogP contribution in [0.25, 0.3) is 0 Å². The normalized spacial score (nSPS) is 14.7. The molecule has 0 fully saturated rings. The largest absolute Gasteiger partial charge is 0.434 e. The number of hydrogen-bond acceptors (Lipinski definition) is 2. The van der Waals surface area contributed by atoms with E-state index in [0.29, 0.717) is 11.5 Å². The van der Waals surface area contributed by atoms with Gasteiger partial charge in [0, 0.05) is 11.6 Å². The van der Waals surface area contributed by atoms with E-state index in [-0.39, 0.29) is 11.8 Å². The van der Waals surface area contributed by atoms with Gasteiger partial charge in [0.2, 0.25) is 0 Å². The third kappa shape index (κ3) is 4.30. The number of hydrogen-bond donors (Lipinski definition) is 1. The van der Waals surface area contributed by atoms with Gasteiger partial charge in [0.25, 0.3) is 0 Å². The van der Waals surface area contributed by atoms with E-state index in [4.69, 9.17) is 5.73 Å². The van der Waals surface area contributed by atoms with Crippen LogP contribution in [0.2, 0.25) is 0 Å². The second-order valence-corrected chi connectivity index (χ2v) is 4.27. The molecular formula is C13H19F2NO. The van der Waals surface area contributed by atoms with E-state index < -0.39 is 6.61 Å². The molecule has 0 amide bonds. The highest BCUT2D eigenvalue weighted by Gasteiger charge is 2.16. The summed E-state index contributed by atoms with van der Waals surface area (Å²) in [5, 5.41) is 0. The molecule has 17 heavy (non-hydrogen) atoms. The molecule has 0 aliphatic heterocycles. The van der Waals surface area contributed by atoms with E-state index in [1.165, 1.54) is 6.07 Å². The fourth-order valence-electron chi connectivity index (χ4n) is 1.72. The molecule has 4 heteroatoms. The minimum atomic E-state index is -2.81. The van der Waals surface area contributed by atoms with Gasteiger partial charge in [-0.15, -0.1) is 0 Å². The van der Waals surface area contributed by atoms with Crippen molar-refractivity contribution in [1.29, 1.82) is 0 Å². The molecule has 0 aliphatic carbocycles. The Morgan fingerprint density at radius 2 is 1.94 bits per heavy atom. The highest BCUT2D eigenvalue weighted by atomic mass is 19.3. The van der Waals surface area contributed by atoms with Crippen molar-refractivity contribution in [3.63, 3.8) is 0 Å². The number of nitrogens with two attached hydrogens (primary N) is 1. The second-order valence-electron chi connectivity index (χ2n) is 4.27. The minimum absolute atomic E-state index is 0.179. The number of para-hydroxylation sites is 1. The first-order valence-corrected chi connectivity index (χ1v) is 5.83. The summed E-state index contributed by atoms with van der Waals surface area (Å²) in [6.45, 7) is 1.36. The smallest absolute Gasteiger partial charge is 0.387 e. The highest BCUT2D eigenvalue weighted by molar-refractivity contribution is 5.35. The van der Waals surface area contributed by atoms with Crippen molar-refractivity contribution in [1.82, 2.24) is 0 Å². The molecule has 0 saturated heterocycles. The monoisotopic (exact) mass is 243 g/mol. The first kappa shape index (κ1) is 13.9. The third-order valence-corrected chi connectivity index (χ3v) is 2.89. The van der Waals surface area contributed by atoms with Crippen LogP contribution in [0.3, 0.4) is 0 Å². The molecular weight excluding hydrogens is 224 g/mol. The number of halogens is 2. The van der Waals surface area contributed by atoms with E-state index in [2.05, 4.69) is 18.6 Å². The predicted molar refractivity (Wildman–Crippen MR) is 64.1 cm³/mol. The Morgan fingerprint density at radius 1 is 1.29 bits per heavy atom. The summed E-state index contributed by atoms with van der Waals surface area (Å²) < 4.78 is 28.9. The molecule has 0 saturated carbocycles. The van der Waals surface area contributed by atoms with Crippen LogP contribution in [-0.4, -0.2) is 6.61 Å². The lowest BCUT2D eigenvalue weighted by atomic mass is 9.94. The molecule has 1 aromatic rings. The number of rotatable bonds is 6. The predicted octanol–water partition coefficient (Wildman–Crippen LogP) is 3.72. The number of ether oxygens (including phenoxy) is 1. The maximum absolute atomic E-state index is 12.2. The number of alkyl halides is 2. The van der Waals surface area contributed by atoms with E-state index in [1.54, 1.807) is 18.2 Å². The molecule has 0 aromatic heterocycles. The third-order valence-electron chi connectivity index (χ3n) is 2.89. The second kappa shape index (κ2) is 6.55. The molecule has 96 valence electrons. The van der Waals surface area contributed by atoms with Crippen LogP contribution in [0.5, 0.6) is 5.75 Å². The maximum Gasteiger partial charge on any atom is 0.387 e. The molecule has 2 atom stereocenters. The summed E-state index contributed by atoms with van der Waals surface area (Å²) in [4.78, 5) is 0. The Kier molecular flexibility index (Phi) is 5.35. The molecule has 2 N–H and O–H groups in total. The van der Waals surface area contributed by atoms with Crippen molar-refractivity contribution in [3.8, 4) is 5.75 Å². The van der Waals surface area contributed by atoms with Gasteiger partial charge in [-0.1, -0.05) is 38.5 Å². The molecule has 0 heterocycles. The van der Waals surface area contributed by atoms with Gasteiger partial charge in [-0.3, -0.25) is 0 Å². The zero-order valence-electron chi connectivity index (χ0n) is 10.2. The van der Waals surface area contributed by atoms with Crippen molar-refractivity contribution in [2.45, 2.75) is 39.3 Å². The van der Waals surface area contributed by atoms with Crippen molar-refractivity contribution in [2.75, 3.05) is 0 Å². The average molecular weight is 243 g/mol. The molecule has 1 aromatic carbocycles. The van der Waals surface area contributed by atoms with Gasteiger partial charge in [0.1, 0.15) is 5.75 Å². The first-order valence-electron chi connectivity index (χ1n) is 5.83. The van der Waals surface area contributed by atoms with Gasteiger partial charge in [-0.05, 0) is 18.4 Å². The Morgan fingerprint density at radius 3 is 2.53 bits per heavy atom. The molecule has 0 radical (unpaired) electrons. The zero-order valence-corrected chi connectivity index (χ0v) is 10.2. The molecule has 0 spiro atoms. The van der Waals surface area contributed by atoms with Crippen LogP contribution in [0, 0.1) is 5.92 Å². The van der Waals surface area contributed by atoms with Crippen molar-refractivity contribution in [3.05, 3.63) is 29.8 Å². The topological polar surface area (TPSA) is 35.2 Å². The molecule has 1 rings (SSSR count). The molecule has 2 unspecified atom stereocenters. The van der Waals surface area contributed by atoms with Crippen molar-refractivity contribution < 1.29 is 13.5 Å². The van der Waals surface area contributed by atoms with Gasteiger partial charge < -0.3 is 10.5 Å². The van der Waals surface area contributed by atoms with E-state index >= 15 is 0 Å². The molecule has 0 aliphatic rings. The summed E-state index contributed by atoms with van der Waals surface area (Å²) in [5.74, 6) is 0.642. The van der Waals surface area contributed by atoms with Gasteiger partial charge in [0.15, 0.2) is 0 Å². The van der Waals surface area contributed by atoms with Crippen LogP contribution in [0.4, 0.5) is 8.78 Å². The van der Waals surface area contributed by atoms with Crippen LogP contribution in [-0.2, 0) is 0 Å². The fourth-order valence-corrected chi connectivity index (χ4v) is 1.72. The fraction of sp³-hybridized carbons (Fsp3) is 0.538. The summed E-state index contributed by atoms with van der Waals surface area (Å²) in [6.07, 6.45) is 1.78. The summed E-state index contributed by atoms with van der Waals surface area (Å²) in [5.41, 5.74) is 6.67. The van der Waals surface area contributed by atoms with Crippen LogP contribution in [0.1, 0.15) is 38.3 Å². The summed E-state index contributed by atoms with van der Waals surface area (Å²) >= 11 is 0. The van der Waals surface area contributed by atoms with E-state index in [1.807, 2.05) is 0 Å². The Hall–Kier alpha value is -1.16. The van der Waals surface area contributed by atoms with E-state index in [0.717, 1.165) is 12.8 Å². The standard InChI is InChI=1S/C13H19F2NO/c1-3-9(2)8-11(16)10-6-4-5-7-12(10)17-13(14)15/h4-7,9,11,13H,3,8,16H2,1-2H3. The van der Waals surface area contributed by atoms with Gasteiger partial charge in [-0.2, -0.15) is 8.78 Å². The SMILES string of the molecule is CCC(C)CC(N)c1ccccc1OC(F)F. The average Bonchev–Trinajstić information content (AvgIpc) is 2.28. The van der Waals surface area contributed by atoms with Gasteiger partial charge in [-0.25, -0.2) is 0 Å². The Bertz CT molecular complexity index is 344. The molecule has 2 nitrogen and oxygen atoms in total. The maximum atomic E-state index is 12.2. The lowest BCUT2D eigenvalue weighted by Crippen LogP contribution is -2.16. The lowest BCUT2D eigenvalue weighted by molar-refractivity contribution is -0.0506. The Labute approximate surface area is 101 Å².